The summed E-state index contributed by atoms with van der Waals surface area (Å²) in [5.74, 6) is -0.301. The fourth-order valence-electron chi connectivity index (χ4n) is 2.92. The lowest BCUT2D eigenvalue weighted by Gasteiger charge is -2.07. The van der Waals surface area contributed by atoms with Crippen molar-refractivity contribution < 1.29 is 17.2 Å². The molecule has 0 radical (unpaired) electrons. The molecule has 0 saturated heterocycles. The minimum absolute atomic E-state index is 0.301. The van der Waals surface area contributed by atoms with E-state index in [2.05, 4.69) is 5.32 Å². The van der Waals surface area contributed by atoms with Crippen LogP contribution in [0, 0.1) is 5.82 Å². The van der Waals surface area contributed by atoms with E-state index in [1.165, 1.54) is 18.4 Å². The zero-order valence-corrected chi connectivity index (χ0v) is 14.8. The van der Waals surface area contributed by atoms with Gasteiger partial charge in [0, 0.05) is 29.3 Å². The van der Waals surface area contributed by atoms with E-state index in [-0.39, 0.29) is 5.82 Å². The first-order chi connectivity index (χ1) is 12.4. The molecule has 4 rings (SSSR count). The van der Waals surface area contributed by atoms with Gasteiger partial charge in [-0.15, -0.1) is 0 Å². The highest BCUT2D eigenvalue weighted by molar-refractivity contribution is 7.90. The van der Waals surface area contributed by atoms with Crippen molar-refractivity contribution in [2.24, 2.45) is 0 Å². The van der Waals surface area contributed by atoms with Gasteiger partial charge in [-0.2, -0.15) is 0 Å². The molecule has 0 aliphatic carbocycles. The first-order valence-electron chi connectivity index (χ1n) is 8.05. The molecule has 6 heteroatoms. The van der Waals surface area contributed by atoms with Crippen molar-refractivity contribution >= 4 is 37.5 Å². The lowest BCUT2D eigenvalue weighted by atomic mass is 10.1. The molecule has 132 valence electrons. The molecule has 0 saturated carbocycles. The lowest BCUT2D eigenvalue weighted by molar-refractivity contribution is 0.602. The molecule has 0 bridgehead atoms. The van der Waals surface area contributed by atoms with Crippen molar-refractivity contribution in [1.82, 2.24) is 0 Å². The fourth-order valence-corrected chi connectivity index (χ4v) is 3.55. The number of sulfone groups is 1. The minimum Gasteiger partial charge on any atom is -0.456 e. The van der Waals surface area contributed by atoms with E-state index in [0.29, 0.717) is 22.6 Å². The van der Waals surface area contributed by atoms with Gasteiger partial charge in [0.05, 0.1) is 4.90 Å². The zero-order chi connectivity index (χ0) is 18.3. The number of furan rings is 1. The second kappa shape index (κ2) is 6.14. The Morgan fingerprint density at radius 1 is 0.923 bits per heavy atom. The van der Waals surface area contributed by atoms with Gasteiger partial charge in [0.25, 0.3) is 0 Å². The number of anilines is 1. The van der Waals surface area contributed by atoms with Crippen LogP contribution in [0.5, 0.6) is 0 Å². The summed E-state index contributed by atoms with van der Waals surface area (Å²) in [6, 6.07) is 16.9. The van der Waals surface area contributed by atoms with Gasteiger partial charge in [0.15, 0.2) is 9.84 Å². The van der Waals surface area contributed by atoms with Crippen LogP contribution in [-0.2, 0) is 16.4 Å². The first-order valence-corrected chi connectivity index (χ1v) is 9.94. The van der Waals surface area contributed by atoms with Crippen molar-refractivity contribution in [1.29, 1.82) is 0 Å². The van der Waals surface area contributed by atoms with E-state index >= 15 is 0 Å². The van der Waals surface area contributed by atoms with Crippen molar-refractivity contribution in [2.75, 3.05) is 11.6 Å². The Labute approximate surface area is 150 Å². The quantitative estimate of drug-likeness (QED) is 0.564. The largest absolute Gasteiger partial charge is 0.456 e. The normalized spacial score (nSPS) is 11.9. The first kappa shape index (κ1) is 16.6. The molecule has 1 N–H and O–H groups in total. The SMILES string of the molecule is CS(=O)(=O)c1ccc(CNc2ccc3oc4ccc(F)cc4c3c2)cc1. The summed E-state index contributed by atoms with van der Waals surface area (Å²) in [4.78, 5) is 0.301. The Hall–Kier alpha value is -2.86. The van der Waals surface area contributed by atoms with Crippen LogP contribution in [0.2, 0.25) is 0 Å². The average Bonchev–Trinajstić information content (AvgIpc) is 2.97. The highest BCUT2D eigenvalue weighted by Gasteiger charge is 2.09. The number of nitrogens with one attached hydrogen (secondary N) is 1. The Bertz CT molecular complexity index is 1210. The molecular formula is C20H16FNO3S. The van der Waals surface area contributed by atoms with Gasteiger partial charge in [-0.05, 0) is 54.1 Å². The molecule has 0 unspecified atom stereocenters. The van der Waals surface area contributed by atoms with Gasteiger partial charge in [-0.1, -0.05) is 12.1 Å². The maximum absolute atomic E-state index is 13.5. The minimum atomic E-state index is -3.19. The van der Waals surface area contributed by atoms with Gasteiger partial charge in [0.1, 0.15) is 17.0 Å². The van der Waals surface area contributed by atoms with Crippen LogP contribution in [0.15, 0.2) is 70.0 Å². The average molecular weight is 369 g/mol. The molecule has 1 aromatic heterocycles. The molecule has 0 atom stereocenters. The lowest BCUT2D eigenvalue weighted by Crippen LogP contribution is -2.01. The maximum Gasteiger partial charge on any atom is 0.175 e. The van der Waals surface area contributed by atoms with E-state index < -0.39 is 9.84 Å². The summed E-state index contributed by atoms with van der Waals surface area (Å²) in [7, 11) is -3.19. The number of benzene rings is 3. The van der Waals surface area contributed by atoms with Crippen LogP contribution in [0.4, 0.5) is 10.1 Å². The molecule has 1 heterocycles. The molecule has 0 aliphatic rings. The number of rotatable bonds is 4. The molecule has 4 nitrogen and oxygen atoms in total. The highest BCUT2D eigenvalue weighted by Crippen LogP contribution is 2.31. The number of hydrogen-bond acceptors (Lipinski definition) is 4. The van der Waals surface area contributed by atoms with Gasteiger partial charge < -0.3 is 9.73 Å². The van der Waals surface area contributed by atoms with Crippen molar-refractivity contribution in [3.63, 3.8) is 0 Å². The second-order valence-corrected chi connectivity index (χ2v) is 8.24. The summed E-state index contributed by atoms with van der Waals surface area (Å²) in [5, 5.41) is 4.88. The summed E-state index contributed by atoms with van der Waals surface area (Å²) >= 11 is 0. The van der Waals surface area contributed by atoms with Crippen molar-refractivity contribution in [3.8, 4) is 0 Å². The van der Waals surface area contributed by atoms with E-state index in [9.17, 15) is 12.8 Å². The molecule has 26 heavy (non-hydrogen) atoms. The number of halogens is 1. The van der Waals surface area contributed by atoms with Crippen LogP contribution >= 0.6 is 0 Å². The van der Waals surface area contributed by atoms with E-state index in [1.807, 2.05) is 18.2 Å². The topological polar surface area (TPSA) is 59.3 Å². The maximum atomic E-state index is 13.5. The van der Waals surface area contributed by atoms with E-state index in [1.54, 1.807) is 30.3 Å². The standard InChI is InChI=1S/C20H16FNO3S/c1-26(23,24)16-6-2-13(3-7-16)12-22-15-5-9-20-18(11-15)17-10-14(21)4-8-19(17)25-20/h2-11,22H,12H2,1H3. The van der Waals surface area contributed by atoms with Gasteiger partial charge in [-0.25, -0.2) is 12.8 Å². The second-order valence-electron chi connectivity index (χ2n) is 6.22. The molecule has 0 aliphatic heterocycles. The Balaban J connectivity index is 1.59. The highest BCUT2D eigenvalue weighted by atomic mass is 32.2. The van der Waals surface area contributed by atoms with Crippen LogP contribution in [0.1, 0.15) is 5.56 Å². The summed E-state index contributed by atoms with van der Waals surface area (Å²) < 4.78 is 42.3. The van der Waals surface area contributed by atoms with Gasteiger partial charge in [0.2, 0.25) is 0 Å². The smallest absolute Gasteiger partial charge is 0.175 e. The molecule has 0 amide bonds. The zero-order valence-electron chi connectivity index (χ0n) is 14.0. The molecule has 4 aromatic rings. The number of hydrogen-bond donors (Lipinski definition) is 1. The monoisotopic (exact) mass is 369 g/mol. The fraction of sp³-hybridized carbons (Fsp3) is 0.100. The third-order valence-electron chi connectivity index (χ3n) is 4.28. The van der Waals surface area contributed by atoms with Crippen molar-refractivity contribution in [3.05, 3.63) is 72.0 Å². The molecule has 3 aromatic carbocycles. The predicted octanol–water partition coefficient (Wildman–Crippen LogP) is 4.74. The molecule has 0 spiro atoms. The van der Waals surface area contributed by atoms with E-state index in [0.717, 1.165) is 22.0 Å². The molecule has 0 fully saturated rings. The Morgan fingerprint density at radius 3 is 2.27 bits per heavy atom. The van der Waals surface area contributed by atoms with Gasteiger partial charge >= 0.3 is 0 Å². The summed E-state index contributed by atoms with van der Waals surface area (Å²) in [5.41, 5.74) is 3.18. The predicted molar refractivity (Wildman–Crippen MR) is 101 cm³/mol. The summed E-state index contributed by atoms with van der Waals surface area (Å²) in [6.07, 6.45) is 1.19. The van der Waals surface area contributed by atoms with Crippen molar-refractivity contribution in [2.45, 2.75) is 11.4 Å². The summed E-state index contributed by atoms with van der Waals surface area (Å²) in [6.45, 7) is 0.541. The third-order valence-corrected chi connectivity index (χ3v) is 5.41. The van der Waals surface area contributed by atoms with Crippen LogP contribution in [0.25, 0.3) is 21.9 Å². The van der Waals surface area contributed by atoms with E-state index in [4.69, 9.17) is 4.42 Å². The molecular weight excluding hydrogens is 353 g/mol. The Morgan fingerprint density at radius 2 is 1.58 bits per heavy atom. The third kappa shape index (κ3) is 3.15. The van der Waals surface area contributed by atoms with Gasteiger partial charge in [-0.3, -0.25) is 0 Å². The Kier molecular flexibility index (Phi) is 3.92. The number of fused-ring (bicyclic) bond motifs is 3. The van der Waals surface area contributed by atoms with Crippen LogP contribution < -0.4 is 5.32 Å². The van der Waals surface area contributed by atoms with Crippen LogP contribution in [0.3, 0.4) is 0 Å². The van der Waals surface area contributed by atoms with Crippen LogP contribution in [-0.4, -0.2) is 14.7 Å².